The Balaban J connectivity index is 0.000000470. The van der Waals surface area contributed by atoms with E-state index in [9.17, 15) is 10.2 Å². The summed E-state index contributed by atoms with van der Waals surface area (Å²) < 4.78 is 30.1. The van der Waals surface area contributed by atoms with Crippen molar-refractivity contribution in [3.05, 3.63) is 247 Å². The van der Waals surface area contributed by atoms with Gasteiger partial charge in [0.1, 0.15) is 0 Å². The predicted molar refractivity (Wildman–Crippen MR) is 213 cm³/mol. The zero-order valence-electron chi connectivity index (χ0n) is 29.3. The minimum atomic E-state index is -3.40. The zero-order valence-corrected chi connectivity index (χ0v) is 33.2. The minimum Gasteiger partial charge on any atom is -0.390 e. The molecule has 4 aliphatic carbocycles. The van der Waals surface area contributed by atoms with E-state index in [1.54, 1.807) is 38.5 Å². The molecule has 0 unspecified atom stereocenters. The maximum Gasteiger partial charge on any atom is 2.00 e. The summed E-state index contributed by atoms with van der Waals surface area (Å²) in [7, 11) is -6.81. The van der Waals surface area contributed by atoms with Gasteiger partial charge in [0.05, 0.1) is 23.5 Å². The molecule has 4 saturated carbocycles. The summed E-state index contributed by atoms with van der Waals surface area (Å²) in [4.78, 5) is 0. The van der Waals surface area contributed by atoms with E-state index in [0.29, 0.717) is 44.4 Å². The van der Waals surface area contributed by atoms with E-state index in [4.69, 9.17) is 0 Å². The second-order valence-electron chi connectivity index (χ2n) is 12.1. The first kappa shape index (κ1) is 45.0. The fourth-order valence-corrected chi connectivity index (χ4v) is 12.1. The molecule has 0 amide bonds. The van der Waals surface area contributed by atoms with Gasteiger partial charge >= 0.3 is 34.1 Å². The SMILES string of the molecule is O=P([C]1[CH][CH][CH][C]1[C@@H](O)[C@H](O)[C]1[CH][CH][CH][C]1P(=O)(c1ccccc1)c1ccccc1)(c1ccccc1)c1ccccc1.[CH]1[CH][CH][CH][CH]1.[CH]1[CH][CH][CH][CH]1.[Fe+2].[Fe+2]. The summed E-state index contributed by atoms with van der Waals surface area (Å²) in [5.41, 5.74) is 0.933. The first-order valence-electron chi connectivity index (χ1n) is 17.1. The summed E-state index contributed by atoms with van der Waals surface area (Å²) in [5, 5.41) is 26.1. The van der Waals surface area contributed by atoms with Crippen LogP contribution < -0.4 is 21.2 Å². The maximum absolute atomic E-state index is 15.1. The van der Waals surface area contributed by atoms with E-state index in [1.807, 2.05) is 186 Å². The standard InChI is InChI=1S/C36H30O4P2.2C5H5.2Fe/c37-35(31-23-13-25-33(31)41(39,27-15-5-1-6-16-27)28-17-7-2-8-18-28)36(38)32-24-14-26-34(32)42(40,29-19-9-3-10-20-29)30-21-11-4-12-22-30;2*1-2-4-5-3-1;;/h1-26,35-38H;2*1-5H;;/q;;;2*+2/t35-,36-;;;;/m1..../s1. The molecule has 4 aromatic carbocycles. The predicted octanol–water partition coefficient (Wildman–Crippen LogP) is 7.24. The van der Waals surface area contributed by atoms with Crippen molar-refractivity contribution >= 4 is 35.5 Å². The molecule has 8 rings (SSSR count). The Morgan fingerprint density at radius 3 is 0.778 bits per heavy atom. The molecule has 0 saturated heterocycles. The van der Waals surface area contributed by atoms with Crippen LogP contribution in [0.5, 0.6) is 0 Å². The van der Waals surface area contributed by atoms with Gasteiger partial charge in [-0.05, 0) is 103 Å². The van der Waals surface area contributed by atoms with Crippen LogP contribution in [-0.4, -0.2) is 22.4 Å². The van der Waals surface area contributed by atoms with Gasteiger partial charge in [0, 0.05) is 33.1 Å². The molecule has 4 aliphatic rings. The molecule has 0 heterocycles. The number of benzene rings is 4. The van der Waals surface area contributed by atoms with E-state index in [1.165, 1.54) is 0 Å². The third-order valence-electron chi connectivity index (χ3n) is 8.86. The summed E-state index contributed by atoms with van der Waals surface area (Å²) >= 11 is 0. The molecule has 0 spiro atoms. The fraction of sp³-hybridized carbons (Fsp3) is 0.0435. The van der Waals surface area contributed by atoms with Crippen molar-refractivity contribution in [2.24, 2.45) is 0 Å². The molecule has 8 heteroatoms. The Labute approximate surface area is 346 Å². The first-order valence-corrected chi connectivity index (χ1v) is 20.5. The van der Waals surface area contributed by atoms with Crippen molar-refractivity contribution in [3.63, 3.8) is 0 Å². The molecule has 4 fully saturated rings. The normalized spacial score (nSPS) is 19.4. The molecule has 2 atom stereocenters. The number of rotatable bonds is 9. The molecule has 4 nitrogen and oxygen atoms in total. The summed E-state index contributed by atoms with van der Waals surface area (Å²) in [5.74, 6) is 0.750. The Kier molecular flexibility index (Phi) is 18.6. The van der Waals surface area contributed by atoms with E-state index < -0.39 is 26.5 Å². The molecule has 270 valence electrons. The molecule has 4 aromatic rings. The van der Waals surface area contributed by atoms with Gasteiger partial charge in [-0.3, -0.25) is 0 Å². The van der Waals surface area contributed by atoms with Crippen molar-refractivity contribution in [1.29, 1.82) is 0 Å². The maximum atomic E-state index is 15.1. The minimum absolute atomic E-state index is 0. The third kappa shape index (κ3) is 10.4. The molecule has 0 aromatic heterocycles. The second kappa shape index (κ2) is 22.3. The van der Waals surface area contributed by atoms with Gasteiger partial charge < -0.3 is 19.3 Å². The van der Waals surface area contributed by atoms with Crippen LogP contribution in [0.15, 0.2) is 121 Å². The van der Waals surface area contributed by atoms with E-state index in [-0.39, 0.29) is 34.1 Å². The first-order chi connectivity index (χ1) is 25.5. The van der Waals surface area contributed by atoms with Crippen LogP contribution in [0.2, 0.25) is 0 Å². The van der Waals surface area contributed by atoms with Crippen LogP contribution >= 0.6 is 14.3 Å². The summed E-state index contributed by atoms with van der Waals surface area (Å²) in [6.45, 7) is 0. The van der Waals surface area contributed by atoms with Crippen molar-refractivity contribution < 1.29 is 53.5 Å². The van der Waals surface area contributed by atoms with Gasteiger partial charge in [-0.25, -0.2) is 0 Å². The van der Waals surface area contributed by atoms with E-state index in [0.717, 1.165) is 0 Å². The molecule has 0 bridgehead atoms. The summed E-state index contributed by atoms with van der Waals surface area (Å²) in [6.07, 6.45) is 27.6. The van der Waals surface area contributed by atoms with E-state index in [2.05, 4.69) is 0 Å². The number of aliphatic hydroxyl groups excluding tert-OH is 2. The van der Waals surface area contributed by atoms with Gasteiger partial charge in [0.25, 0.3) is 0 Å². The van der Waals surface area contributed by atoms with Crippen LogP contribution in [0.25, 0.3) is 0 Å². The second-order valence-corrected chi connectivity index (χ2v) is 17.6. The van der Waals surface area contributed by atoms with Crippen molar-refractivity contribution in [2.75, 3.05) is 0 Å². The largest absolute Gasteiger partial charge is 2.00 e. The number of hydrogen-bond donors (Lipinski definition) is 2. The van der Waals surface area contributed by atoms with Crippen LogP contribution in [0.1, 0.15) is 0 Å². The van der Waals surface area contributed by atoms with E-state index >= 15 is 9.13 Å². The van der Waals surface area contributed by atoms with Gasteiger partial charge in [-0.2, -0.15) is 0 Å². The monoisotopic (exact) mass is 830 g/mol. The molecule has 20 radical (unpaired) electrons. The molecular weight excluding hydrogens is 790 g/mol. The van der Waals surface area contributed by atoms with Gasteiger partial charge in [0.2, 0.25) is 0 Å². The topological polar surface area (TPSA) is 74.6 Å². The molecule has 2 N–H and O–H groups in total. The average Bonchev–Trinajstić information content (AvgIpc) is 4.07. The molecule has 54 heavy (non-hydrogen) atoms. The summed E-state index contributed by atoms with van der Waals surface area (Å²) in [6, 6.07) is 36.9. The number of hydrogen-bond acceptors (Lipinski definition) is 4. The Morgan fingerprint density at radius 1 is 0.333 bits per heavy atom. The smallest absolute Gasteiger partial charge is 0.390 e. The van der Waals surface area contributed by atoms with Gasteiger partial charge in [-0.15, -0.1) is 0 Å². The molecule has 0 aliphatic heterocycles. The van der Waals surface area contributed by atoms with Crippen LogP contribution in [0.3, 0.4) is 0 Å². The van der Waals surface area contributed by atoms with Gasteiger partial charge in [-0.1, -0.05) is 121 Å². The zero-order chi connectivity index (χ0) is 36.2. The fourth-order valence-electron chi connectivity index (χ4n) is 6.31. The quantitative estimate of drug-likeness (QED) is 0.138. The van der Waals surface area contributed by atoms with Crippen molar-refractivity contribution in [1.82, 2.24) is 0 Å². The third-order valence-corrected chi connectivity index (χ3v) is 15.1. The Hall–Kier alpha value is -1.70. The van der Waals surface area contributed by atoms with Crippen LogP contribution in [-0.2, 0) is 43.3 Å². The van der Waals surface area contributed by atoms with Crippen LogP contribution in [0, 0.1) is 126 Å². The van der Waals surface area contributed by atoms with Crippen molar-refractivity contribution in [3.8, 4) is 0 Å². The molecular formula is C46H40Fe2O4P2+4. The van der Waals surface area contributed by atoms with Crippen molar-refractivity contribution in [2.45, 2.75) is 12.2 Å². The number of aliphatic hydroxyl groups is 2. The Morgan fingerprint density at radius 2 is 0.556 bits per heavy atom. The van der Waals surface area contributed by atoms with Gasteiger partial charge in [0.15, 0.2) is 14.3 Å². The van der Waals surface area contributed by atoms with Crippen LogP contribution in [0.4, 0.5) is 0 Å². The average molecular weight is 830 g/mol. The Bertz CT molecular complexity index is 1490.